The van der Waals surface area contributed by atoms with Crippen molar-refractivity contribution >= 4 is 52.6 Å². The van der Waals surface area contributed by atoms with Gasteiger partial charge in [0.25, 0.3) is 0 Å². The van der Waals surface area contributed by atoms with Gasteiger partial charge in [0.2, 0.25) is 15.8 Å². The second-order valence-electron chi connectivity index (χ2n) is 12.0. The van der Waals surface area contributed by atoms with Crippen molar-refractivity contribution in [2.45, 2.75) is 24.5 Å². The highest BCUT2D eigenvalue weighted by Crippen LogP contribution is 2.44. The molecule has 53 heavy (non-hydrogen) atoms. The van der Waals surface area contributed by atoms with Crippen LogP contribution in [-0.2, 0) is 29.7 Å². The van der Waals surface area contributed by atoms with Crippen molar-refractivity contribution in [3.8, 4) is 39.8 Å². The number of hydrogen-bond donors (Lipinski definition) is 1. The Hall–Kier alpha value is -5.35. The Morgan fingerprint density at radius 3 is 1.89 bits per heavy atom. The molecule has 12 nitrogen and oxygen atoms in total. The van der Waals surface area contributed by atoms with Crippen molar-refractivity contribution in [3.05, 3.63) is 124 Å². The Balaban J connectivity index is 1.40. The Morgan fingerprint density at radius 1 is 0.755 bits per heavy atom. The fourth-order valence-electron chi connectivity index (χ4n) is 5.97. The van der Waals surface area contributed by atoms with Gasteiger partial charge in [0.15, 0.2) is 5.13 Å². The number of nitrogens with zero attached hydrogens (tertiary/aromatic N) is 6. The molecule has 2 N–H and O–H groups in total. The zero-order valence-corrected chi connectivity index (χ0v) is 32.2. The highest BCUT2D eigenvalue weighted by atomic mass is 79.9. The summed E-state index contributed by atoms with van der Waals surface area (Å²) in [4.78, 5) is 6.04. The SMILES string of the molecule is COc1ccc(CN(Cc2ccc(OC)cc2)S(=O)(=O)c2c(Br)ccc(-c3cccc4sc(N)nc34)c2-c2nnn(Cc3ccc(OC)cc3)n2)cc1. The first-order valence-corrected chi connectivity index (χ1v) is 19.4. The van der Waals surface area contributed by atoms with Gasteiger partial charge in [0.1, 0.15) is 22.1 Å². The maximum atomic E-state index is 15.3. The van der Waals surface area contributed by atoms with E-state index in [0.717, 1.165) is 27.1 Å². The van der Waals surface area contributed by atoms with Crippen LogP contribution < -0.4 is 19.9 Å². The number of tetrazole rings is 1. The monoisotopic (exact) mass is 811 g/mol. The van der Waals surface area contributed by atoms with E-state index in [1.54, 1.807) is 51.7 Å². The highest BCUT2D eigenvalue weighted by molar-refractivity contribution is 9.10. The molecule has 0 saturated heterocycles. The van der Waals surface area contributed by atoms with E-state index in [-0.39, 0.29) is 29.4 Å². The molecular weight excluding hydrogens is 778 g/mol. The maximum Gasteiger partial charge on any atom is 0.245 e. The molecule has 0 unspecified atom stereocenters. The summed E-state index contributed by atoms with van der Waals surface area (Å²) >= 11 is 4.98. The van der Waals surface area contributed by atoms with E-state index in [1.807, 2.05) is 72.8 Å². The summed E-state index contributed by atoms with van der Waals surface area (Å²) in [6, 6.07) is 31.4. The van der Waals surface area contributed by atoms with E-state index in [1.165, 1.54) is 20.4 Å². The lowest BCUT2D eigenvalue weighted by atomic mass is 9.98. The first kappa shape index (κ1) is 36.0. The molecule has 5 aromatic carbocycles. The summed E-state index contributed by atoms with van der Waals surface area (Å²) < 4.78 is 49.3. The molecule has 0 aliphatic rings. The number of nitrogens with two attached hydrogens (primary N) is 1. The van der Waals surface area contributed by atoms with Gasteiger partial charge < -0.3 is 19.9 Å². The predicted octanol–water partition coefficient (Wildman–Crippen LogP) is 7.43. The maximum absolute atomic E-state index is 15.3. The van der Waals surface area contributed by atoms with E-state index >= 15 is 8.42 Å². The number of nitrogen functional groups attached to an aromatic ring is 1. The molecule has 0 aliphatic carbocycles. The summed E-state index contributed by atoms with van der Waals surface area (Å²) in [6.07, 6.45) is 0. The molecule has 0 bridgehead atoms. The number of para-hydroxylation sites is 1. The van der Waals surface area contributed by atoms with Gasteiger partial charge in [-0.2, -0.15) is 9.10 Å². The average Bonchev–Trinajstić information content (AvgIpc) is 3.80. The highest BCUT2D eigenvalue weighted by Gasteiger charge is 2.34. The van der Waals surface area contributed by atoms with Crippen LogP contribution in [-0.4, -0.2) is 59.2 Å². The van der Waals surface area contributed by atoms with E-state index in [9.17, 15) is 0 Å². The van der Waals surface area contributed by atoms with E-state index < -0.39 is 10.0 Å². The second kappa shape index (κ2) is 15.3. The zero-order chi connectivity index (χ0) is 37.1. The third-order valence-electron chi connectivity index (χ3n) is 8.63. The topological polar surface area (TPSA) is 148 Å². The van der Waals surface area contributed by atoms with Gasteiger partial charge in [-0.05, 0) is 91.9 Å². The molecule has 2 aromatic heterocycles. The predicted molar refractivity (Wildman–Crippen MR) is 208 cm³/mol. The largest absolute Gasteiger partial charge is 0.497 e. The number of fused-ring (bicyclic) bond motifs is 1. The van der Waals surface area contributed by atoms with Crippen LogP contribution in [0.25, 0.3) is 32.7 Å². The minimum Gasteiger partial charge on any atom is -0.497 e. The van der Waals surface area contributed by atoms with Crippen LogP contribution in [0.4, 0.5) is 5.13 Å². The lowest BCUT2D eigenvalue weighted by Gasteiger charge is -2.25. The number of halogens is 1. The average molecular weight is 813 g/mol. The fraction of sp³-hybridized carbons (Fsp3) is 0.158. The molecule has 0 atom stereocenters. The summed E-state index contributed by atoms with van der Waals surface area (Å²) in [5.41, 5.74) is 10.8. The third-order valence-corrected chi connectivity index (χ3v) is 12.3. The van der Waals surface area contributed by atoms with Gasteiger partial charge in [0.05, 0.1) is 43.7 Å². The van der Waals surface area contributed by atoms with Crippen molar-refractivity contribution in [1.82, 2.24) is 29.5 Å². The molecule has 2 heterocycles. The molecule has 0 spiro atoms. The number of benzene rings is 5. The number of anilines is 1. The van der Waals surface area contributed by atoms with Crippen molar-refractivity contribution in [1.29, 1.82) is 0 Å². The quantitative estimate of drug-likeness (QED) is 0.125. The molecule has 7 rings (SSSR count). The molecule has 0 saturated carbocycles. The Labute approximate surface area is 319 Å². The smallest absolute Gasteiger partial charge is 0.245 e. The first-order chi connectivity index (χ1) is 25.7. The molecule has 15 heteroatoms. The van der Waals surface area contributed by atoms with Crippen LogP contribution in [0, 0.1) is 0 Å². The number of thiazole rings is 1. The molecule has 7 aromatic rings. The van der Waals surface area contributed by atoms with Crippen molar-refractivity contribution in [2.24, 2.45) is 0 Å². The van der Waals surface area contributed by atoms with E-state index in [4.69, 9.17) is 25.0 Å². The number of aromatic nitrogens is 5. The first-order valence-electron chi connectivity index (χ1n) is 16.3. The summed E-state index contributed by atoms with van der Waals surface area (Å²) in [6.45, 7) is 0.413. The number of rotatable bonds is 13. The van der Waals surface area contributed by atoms with E-state index in [0.29, 0.717) is 44.3 Å². The standard InChI is InChI=1S/C38H34BrN7O5S2/c1-49-27-13-7-24(8-14-27)21-45(22-25-9-15-28(50-2)16-10-25)53(47,48)36-32(39)20-19-30(31-5-4-6-33-35(31)41-38(40)52-33)34(36)37-42-44-46(43-37)23-26-11-17-29(51-3)18-12-26/h4-20H,21-23H2,1-3H3,(H2,40,41). The second-order valence-corrected chi connectivity index (χ2v) is 15.8. The Morgan fingerprint density at radius 2 is 1.32 bits per heavy atom. The van der Waals surface area contributed by atoms with Crippen molar-refractivity contribution in [2.75, 3.05) is 27.1 Å². The van der Waals surface area contributed by atoms with Gasteiger partial charge in [-0.1, -0.05) is 65.9 Å². The lowest BCUT2D eigenvalue weighted by Crippen LogP contribution is -2.31. The fourth-order valence-corrected chi connectivity index (χ4v) is 9.34. The number of ether oxygens (including phenoxy) is 3. The van der Waals surface area contributed by atoms with E-state index in [2.05, 4.69) is 31.2 Å². The normalized spacial score (nSPS) is 11.6. The van der Waals surface area contributed by atoms with Crippen LogP contribution in [0.5, 0.6) is 17.2 Å². The van der Waals surface area contributed by atoms with Gasteiger partial charge in [-0.25, -0.2) is 13.4 Å². The lowest BCUT2D eigenvalue weighted by molar-refractivity contribution is 0.397. The molecule has 0 aliphatic heterocycles. The third kappa shape index (κ3) is 7.60. The minimum atomic E-state index is -4.32. The van der Waals surface area contributed by atoms with Crippen LogP contribution in [0.1, 0.15) is 16.7 Å². The zero-order valence-electron chi connectivity index (χ0n) is 28.9. The summed E-state index contributed by atoms with van der Waals surface area (Å²) in [7, 11) is 0.457. The van der Waals surface area contributed by atoms with Crippen LogP contribution >= 0.6 is 27.3 Å². The molecule has 0 amide bonds. The molecular formula is C38H34BrN7O5S2. The number of sulfonamides is 1. The Bertz CT molecular complexity index is 2440. The van der Waals surface area contributed by atoms with Gasteiger partial charge >= 0.3 is 0 Å². The van der Waals surface area contributed by atoms with Crippen molar-refractivity contribution < 1.29 is 22.6 Å². The van der Waals surface area contributed by atoms with Crippen LogP contribution in [0.3, 0.4) is 0 Å². The Kier molecular flexibility index (Phi) is 10.4. The van der Waals surface area contributed by atoms with Gasteiger partial charge in [-0.15, -0.1) is 10.2 Å². The molecule has 0 radical (unpaired) electrons. The van der Waals surface area contributed by atoms with Crippen LogP contribution in [0.2, 0.25) is 0 Å². The van der Waals surface area contributed by atoms with Crippen molar-refractivity contribution in [3.63, 3.8) is 0 Å². The van der Waals surface area contributed by atoms with Gasteiger partial charge in [-0.3, -0.25) is 0 Å². The molecule has 270 valence electrons. The minimum absolute atomic E-state index is 0.0128. The summed E-state index contributed by atoms with van der Waals surface area (Å²) in [5.74, 6) is 2.18. The van der Waals surface area contributed by atoms with Crippen LogP contribution in [0.15, 0.2) is 112 Å². The summed E-state index contributed by atoms with van der Waals surface area (Å²) in [5, 5.41) is 14.0. The molecule has 0 fully saturated rings. The number of methoxy groups -OCH3 is 3. The number of hydrogen-bond acceptors (Lipinski definition) is 11. The van der Waals surface area contributed by atoms with Gasteiger partial charge in [0, 0.05) is 23.1 Å².